The molecule has 4 N–H and O–H groups in total. The Labute approximate surface area is 159 Å². The zero-order valence-corrected chi connectivity index (χ0v) is 14.5. The number of hydrogen-bond acceptors (Lipinski definition) is 6. The van der Waals surface area contributed by atoms with Crippen LogP contribution >= 0.6 is 0 Å². The standard InChI is InChI=1S/C14H6N2O8.Na/c17-10-4-2-6(14(23)24)15-8(4)7-3(12(19)20)1-5(13(21)22)16-9(7)11(10)18;/h1-2,15H,(H,19,20)(H,21,22)(H,23,24);. The van der Waals surface area contributed by atoms with Gasteiger partial charge in [0.1, 0.15) is 17.1 Å². The van der Waals surface area contributed by atoms with Gasteiger partial charge in [-0.2, -0.15) is 0 Å². The number of pyridine rings is 1. The monoisotopic (exact) mass is 353 g/mol. The second kappa shape index (κ2) is 6.24. The minimum atomic E-state index is -1.58. The number of carbonyl (C=O) groups excluding carboxylic acids is 2. The van der Waals surface area contributed by atoms with Crippen LogP contribution in [-0.4, -0.2) is 84.3 Å². The van der Waals surface area contributed by atoms with Crippen molar-refractivity contribution >= 4 is 59.0 Å². The van der Waals surface area contributed by atoms with Crippen LogP contribution in [0.2, 0.25) is 0 Å². The molecule has 0 bridgehead atoms. The molecule has 0 aliphatic heterocycles. The summed E-state index contributed by atoms with van der Waals surface area (Å²) in [5.74, 6) is -6.87. The summed E-state index contributed by atoms with van der Waals surface area (Å²) in [4.78, 5) is 63.7. The summed E-state index contributed by atoms with van der Waals surface area (Å²) >= 11 is 0. The number of ketones is 2. The quantitative estimate of drug-likeness (QED) is 0.442. The summed E-state index contributed by atoms with van der Waals surface area (Å²) in [6.45, 7) is 0. The Morgan fingerprint density at radius 1 is 0.920 bits per heavy atom. The number of carbonyl (C=O) groups is 5. The van der Waals surface area contributed by atoms with E-state index in [1.54, 1.807) is 0 Å². The summed E-state index contributed by atoms with van der Waals surface area (Å²) in [6.07, 6.45) is 0. The Balaban J connectivity index is 0.00000225. The van der Waals surface area contributed by atoms with E-state index in [1.807, 2.05) is 0 Å². The maximum Gasteiger partial charge on any atom is 0.354 e. The van der Waals surface area contributed by atoms with E-state index < -0.39 is 52.1 Å². The van der Waals surface area contributed by atoms with E-state index in [1.165, 1.54) is 0 Å². The summed E-state index contributed by atoms with van der Waals surface area (Å²) in [5, 5.41) is 27.3. The van der Waals surface area contributed by atoms with Crippen LogP contribution in [0.15, 0.2) is 12.1 Å². The third-order valence-electron chi connectivity index (χ3n) is 3.43. The van der Waals surface area contributed by atoms with E-state index in [9.17, 15) is 29.1 Å². The summed E-state index contributed by atoms with van der Waals surface area (Å²) in [5.41, 5.74) is -3.21. The van der Waals surface area contributed by atoms with E-state index >= 15 is 0 Å². The minimum absolute atomic E-state index is 0. The number of hydrogen-bond donors (Lipinski definition) is 4. The van der Waals surface area contributed by atoms with Gasteiger partial charge in [0, 0.05) is 35.1 Å². The van der Waals surface area contributed by atoms with Crippen molar-refractivity contribution in [2.75, 3.05) is 0 Å². The molecule has 0 saturated heterocycles. The van der Waals surface area contributed by atoms with E-state index in [2.05, 4.69) is 9.97 Å². The molecule has 0 atom stereocenters. The van der Waals surface area contributed by atoms with Gasteiger partial charge in [0.05, 0.1) is 16.8 Å². The molecule has 10 nitrogen and oxygen atoms in total. The molecule has 0 fully saturated rings. The van der Waals surface area contributed by atoms with E-state index in [4.69, 9.17) is 10.2 Å². The second-order valence-corrected chi connectivity index (χ2v) is 4.82. The Kier molecular flexibility index (Phi) is 4.62. The first-order valence-electron chi connectivity index (χ1n) is 6.29. The number of nitrogens with one attached hydrogen (secondary N) is 1. The van der Waals surface area contributed by atoms with Crippen LogP contribution in [0.25, 0.3) is 11.3 Å². The van der Waals surface area contributed by atoms with Gasteiger partial charge in [0.15, 0.2) is 0 Å². The van der Waals surface area contributed by atoms with Crippen LogP contribution in [0.1, 0.15) is 52.2 Å². The number of H-pyrrole nitrogens is 1. The number of carboxylic acids is 3. The number of rotatable bonds is 3. The molecule has 2 aromatic rings. The van der Waals surface area contributed by atoms with Crippen molar-refractivity contribution in [2.24, 2.45) is 0 Å². The van der Waals surface area contributed by atoms with Crippen molar-refractivity contribution in [1.82, 2.24) is 9.97 Å². The number of fused-ring (bicyclic) bond motifs is 3. The SMILES string of the molecule is O=C(O)c1cc(C(=O)O)c2c(n1)C(=O)C(=O)c1cc(C(=O)O)[nH]c1-2.[Na]. The van der Waals surface area contributed by atoms with Gasteiger partial charge >= 0.3 is 17.9 Å². The van der Waals surface area contributed by atoms with Crippen LogP contribution in [0, 0.1) is 0 Å². The summed E-state index contributed by atoms with van der Waals surface area (Å²) in [7, 11) is 0. The fraction of sp³-hybridized carbons (Fsp3) is 0. The van der Waals surface area contributed by atoms with E-state index in [0.29, 0.717) is 0 Å². The van der Waals surface area contributed by atoms with Gasteiger partial charge in [-0.1, -0.05) is 0 Å². The van der Waals surface area contributed by atoms with E-state index in [0.717, 1.165) is 12.1 Å². The second-order valence-electron chi connectivity index (χ2n) is 4.82. The molecule has 2 heterocycles. The Hall–Kier alpha value is -2.82. The van der Waals surface area contributed by atoms with Gasteiger partial charge in [-0.25, -0.2) is 19.4 Å². The molecular formula is C14H6N2NaO8. The van der Waals surface area contributed by atoms with Crippen LogP contribution in [0.5, 0.6) is 0 Å². The molecule has 0 spiro atoms. The molecule has 11 heteroatoms. The van der Waals surface area contributed by atoms with Crippen molar-refractivity contribution in [3.63, 3.8) is 0 Å². The van der Waals surface area contributed by atoms with Crippen molar-refractivity contribution < 1.29 is 39.3 Å². The number of aromatic carboxylic acids is 3. The molecule has 1 radical (unpaired) electrons. The number of aromatic amines is 1. The third-order valence-corrected chi connectivity index (χ3v) is 3.43. The van der Waals surface area contributed by atoms with Crippen LogP contribution in [0.4, 0.5) is 0 Å². The average Bonchev–Trinajstić information content (AvgIpc) is 2.96. The third kappa shape index (κ3) is 2.76. The summed E-state index contributed by atoms with van der Waals surface area (Å²) in [6, 6.07) is 1.65. The first kappa shape index (κ1) is 18.5. The van der Waals surface area contributed by atoms with Crippen molar-refractivity contribution in [3.8, 4) is 11.3 Å². The van der Waals surface area contributed by atoms with Gasteiger partial charge < -0.3 is 20.3 Å². The number of nitrogens with zero attached hydrogens (tertiary/aromatic N) is 1. The van der Waals surface area contributed by atoms with Gasteiger partial charge in [-0.05, 0) is 12.1 Å². The molecule has 0 unspecified atom stereocenters. The molecule has 1 aliphatic carbocycles. The maximum absolute atomic E-state index is 12.1. The van der Waals surface area contributed by atoms with Crippen LogP contribution < -0.4 is 0 Å². The fourth-order valence-electron chi connectivity index (χ4n) is 2.42. The zero-order chi connectivity index (χ0) is 17.8. The van der Waals surface area contributed by atoms with Crippen LogP contribution in [-0.2, 0) is 0 Å². The Bertz CT molecular complexity index is 991. The first-order valence-corrected chi connectivity index (χ1v) is 6.29. The smallest absolute Gasteiger partial charge is 0.354 e. The number of Topliss-reactive ketones (excluding diaryl/α,β-unsaturated/α-hetero) is 2. The average molecular weight is 353 g/mol. The van der Waals surface area contributed by atoms with E-state index in [-0.39, 0.29) is 46.4 Å². The largest absolute Gasteiger partial charge is 0.478 e. The fourth-order valence-corrected chi connectivity index (χ4v) is 2.42. The molecule has 0 saturated carbocycles. The Morgan fingerprint density at radius 3 is 2.08 bits per heavy atom. The van der Waals surface area contributed by atoms with Crippen molar-refractivity contribution in [2.45, 2.75) is 0 Å². The normalized spacial score (nSPS) is 12.0. The molecule has 2 aromatic heterocycles. The molecule has 25 heavy (non-hydrogen) atoms. The van der Waals surface area contributed by atoms with Gasteiger partial charge in [0.2, 0.25) is 5.78 Å². The number of carboxylic acid groups (broad SMARTS) is 3. The molecule has 0 aromatic carbocycles. The topological polar surface area (TPSA) is 175 Å². The summed E-state index contributed by atoms with van der Waals surface area (Å²) < 4.78 is 0. The molecule has 0 amide bonds. The predicted molar refractivity (Wildman–Crippen MR) is 79.3 cm³/mol. The predicted octanol–water partition coefficient (Wildman–Crippen LogP) is 0.170. The molecular weight excluding hydrogens is 347 g/mol. The Morgan fingerprint density at radius 2 is 1.56 bits per heavy atom. The van der Waals surface area contributed by atoms with Gasteiger partial charge in [-0.15, -0.1) is 0 Å². The zero-order valence-electron chi connectivity index (χ0n) is 12.5. The maximum atomic E-state index is 12.1. The van der Waals surface area contributed by atoms with Crippen molar-refractivity contribution in [1.29, 1.82) is 0 Å². The van der Waals surface area contributed by atoms with Gasteiger partial charge in [-0.3, -0.25) is 9.59 Å². The van der Waals surface area contributed by atoms with Gasteiger partial charge in [0.25, 0.3) is 5.78 Å². The molecule has 1 aliphatic rings. The molecule has 3 rings (SSSR count). The van der Waals surface area contributed by atoms with Crippen LogP contribution in [0.3, 0.4) is 0 Å². The minimum Gasteiger partial charge on any atom is -0.478 e. The molecule has 121 valence electrons. The van der Waals surface area contributed by atoms with Crippen molar-refractivity contribution in [3.05, 3.63) is 40.3 Å². The number of aromatic nitrogens is 2. The first-order chi connectivity index (χ1) is 11.2.